The number of aromatic nitrogens is 2. The highest BCUT2D eigenvalue weighted by Crippen LogP contribution is 2.25. The van der Waals surface area contributed by atoms with Crippen LogP contribution < -0.4 is 0 Å². The van der Waals surface area contributed by atoms with Gasteiger partial charge in [0.2, 0.25) is 0 Å². The average Bonchev–Trinajstić information content (AvgIpc) is 3.25. The molecule has 120 valence electrons. The van der Waals surface area contributed by atoms with E-state index in [9.17, 15) is 4.79 Å². The minimum Gasteiger partial charge on any atom is -0.361 e. The van der Waals surface area contributed by atoms with Gasteiger partial charge in [-0.25, -0.2) is 0 Å². The van der Waals surface area contributed by atoms with Crippen molar-refractivity contribution in [2.45, 2.75) is 32.4 Å². The molecule has 0 bridgehead atoms. The van der Waals surface area contributed by atoms with Gasteiger partial charge in [0, 0.05) is 43.0 Å². The predicted molar refractivity (Wildman–Crippen MR) is 83.7 cm³/mol. The number of rotatable bonds is 3. The van der Waals surface area contributed by atoms with Crippen LogP contribution in [-0.4, -0.2) is 45.5 Å². The minimum atomic E-state index is 0.0476. The largest absolute Gasteiger partial charge is 0.361 e. The summed E-state index contributed by atoms with van der Waals surface area (Å²) in [5.74, 6) is 0.990. The molecule has 2 aromatic heterocycles. The number of likely N-dealkylation sites (tertiary alicyclic amines) is 1. The fourth-order valence-electron chi connectivity index (χ4n) is 3.39. The van der Waals surface area contributed by atoms with E-state index in [0.717, 1.165) is 43.1 Å². The fourth-order valence-corrected chi connectivity index (χ4v) is 3.39. The molecule has 2 aromatic rings. The molecule has 2 aliphatic heterocycles. The molecule has 0 N–H and O–H groups in total. The van der Waals surface area contributed by atoms with Gasteiger partial charge in [0.15, 0.2) is 0 Å². The van der Waals surface area contributed by atoms with E-state index in [1.54, 1.807) is 24.5 Å². The molecule has 6 heteroatoms. The van der Waals surface area contributed by atoms with Gasteiger partial charge in [-0.3, -0.25) is 14.7 Å². The third kappa shape index (κ3) is 2.86. The summed E-state index contributed by atoms with van der Waals surface area (Å²) in [6.45, 7) is 4.34. The van der Waals surface area contributed by atoms with Gasteiger partial charge in [0.25, 0.3) is 5.91 Å². The van der Waals surface area contributed by atoms with Crippen molar-refractivity contribution < 1.29 is 9.32 Å². The Morgan fingerprint density at radius 1 is 1.17 bits per heavy atom. The van der Waals surface area contributed by atoms with Gasteiger partial charge in [0.1, 0.15) is 11.5 Å². The molecule has 1 fully saturated rings. The summed E-state index contributed by atoms with van der Waals surface area (Å²) < 4.78 is 5.51. The number of hydrogen-bond donors (Lipinski definition) is 0. The number of pyridine rings is 1. The van der Waals surface area contributed by atoms with E-state index in [4.69, 9.17) is 4.52 Å². The van der Waals surface area contributed by atoms with Gasteiger partial charge in [-0.15, -0.1) is 0 Å². The van der Waals surface area contributed by atoms with Crippen molar-refractivity contribution in [3.63, 3.8) is 0 Å². The van der Waals surface area contributed by atoms with Crippen molar-refractivity contribution in [3.8, 4) is 0 Å². The second-order valence-electron chi connectivity index (χ2n) is 6.23. The van der Waals surface area contributed by atoms with Crippen molar-refractivity contribution in [1.82, 2.24) is 19.9 Å². The van der Waals surface area contributed by atoms with Crippen LogP contribution in [0, 0.1) is 0 Å². The summed E-state index contributed by atoms with van der Waals surface area (Å²) in [5.41, 5.74) is 2.78. The van der Waals surface area contributed by atoms with Crippen LogP contribution >= 0.6 is 0 Å². The van der Waals surface area contributed by atoms with E-state index >= 15 is 0 Å². The first-order valence-electron chi connectivity index (χ1n) is 8.19. The van der Waals surface area contributed by atoms with Crippen LogP contribution in [0.2, 0.25) is 0 Å². The zero-order chi connectivity index (χ0) is 15.6. The lowest BCUT2D eigenvalue weighted by Crippen LogP contribution is -2.36. The molecule has 23 heavy (non-hydrogen) atoms. The molecule has 4 rings (SSSR count). The Balaban J connectivity index is 1.51. The van der Waals surface area contributed by atoms with Crippen LogP contribution in [0.1, 0.15) is 40.2 Å². The molecular formula is C17H20N4O2. The Labute approximate surface area is 135 Å². The van der Waals surface area contributed by atoms with Crippen LogP contribution in [0.3, 0.4) is 0 Å². The molecule has 4 heterocycles. The van der Waals surface area contributed by atoms with Crippen molar-refractivity contribution in [2.75, 3.05) is 19.6 Å². The summed E-state index contributed by atoms with van der Waals surface area (Å²) in [6.07, 6.45) is 6.56. The first-order chi connectivity index (χ1) is 11.3. The SMILES string of the molecule is O=C(c1ccncc1)N1CCc2onc(CN3CCCC3)c2C1. The maximum atomic E-state index is 12.6. The lowest BCUT2D eigenvalue weighted by atomic mass is 10.0. The first-order valence-corrected chi connectivity index (χ1v) is 8.19. The van der Waals surface area contributed by atoms with Crippen LogP contribution in [-0.2, 0) is 19.5 Å². The van der Waals surface area contributed by atoms with Crippen molar-refractivity contribution in [3.05, 3.63) is 47.1 Å². The van der Waals surface area contributed by atoms with Gasteiger partial charge in [0.05, 0.1) is 6.54 Å². The third-order valence-electron chi connectivity index (χ3n) is 4.70. The predicted octanol–water partition coefficient (Wildman–Crippen LogP) is 1.86. The first kappa shape index (κ1) is 14.4. The summed E-state index contributed by atoms with van der Waals surface area (Å²) >= 11 is 0. The lowest BCUT2D eigenvalue weighted by molar-refractivity contribution is 0.0728. The lowest BCUT2D eigenvalue weighted by Gasteiger charge is -2.26. The van der Waals surface area contributed by atoms with Crippen LogP contribution in [0.25, 0.3) is 0 Å². The Morgan fingerprint density at radius 3 is 2.74 bits per heavy atom. The summed E-state index contributed by atoms with van der Waals surface area (Å²) in [7, 11) is 0. The molecule has 0 radical (unpaired) electrons. The van der Waals surface area contributed by atoms with Crippen LogP contribution in [0.15, 0.2) is 29.0 Å². The zero-order valence-electron chi connectivity index (χ0n) is 13.1. The fraction of sp³-hybridized carbons (Fsp3) is 0.471. The second kappa shape index (κ2) is 6.12. The van der Waals surface area contributed by atoms with Crippen molar-refractivity contribution in [1.29, 1.82) is 0 Å². The molecule has 1 amide bonds. The quantitative estimate of drug-likeness (QED) is 0.866. The van der Waals surface area contributed by atoms with Crippen molar-refractivity contribution >= 4 is 5.91 Å². The summed E-state index contributed by atoms with van der Waals surface area (Å²) in [4.78, 5) is 20.9. The van der Waals surface area contributed by atoms with Gasteiger partial charge in [-0.05, 0) is 38.1 Å². The number of carbonyl (C=O) groups is 1. The molecule has 0 spiro atoms. The minimum absolute atomic E-state index is 0.0476. The van der Waals surface area contributed by atoms with Gasteiger partial charge in [-0.2, -0.15) is 0 Å². The molecule has 0 atom stereocenters. The monoisotopic (exact) mass is 312 g/mol. The highest BCUT2D eigenvalue weighted by molar-refractivity contribution is 5.94. The molecule has 0 aromatic carbocycles. The normalized spacial score (nSPS) is 18.2. The van der Waals surface area contributed by atoms with Gasteiger partial charge >= 0.3 is 0 Å². The summed E-state index contributed by atoms with van der Waals surface area (Å²) in [5, 5.41) is 4.26. The molecule has 1 saturated heterocycles. The number of hydrogen-bond acceptors (Lipinski definition) is 5. The maximum Gasteiger partial charge on any atom is 0.254 e. The molecule has 0 saturated carbocycles. The van der Waals surface area contributed by atoms with E-state index in [1.807, 2.05) is 4.90 Å². The molecular weight excluding hydrogens is 292 g/mol. The van der Waals surface area contributed by atoms with Gasteiger partial charge in [-0.1, -0.05) is 5.16 Å². The molecule has 2 aliphatic rings. The van der Waals surface area contributed by atoms with Crippen LogP contribution in [0.5, 0.6) is 0 Å². The Morgan fingerprint density at radius 2 is 1.96 bits per heavy atom. The van der Waals surface area contributed by atoms with E-state index in [1.165, 1.54) is 12.8 Å². The smallest absolute Gasteiger partial charge is 0.254 e. The standard InChI is InChI=1S/C17H20N4O2/c22-17(13-3-6-18-7-4-13)21-10-5-16-14(11-21)15(19-23-16)12-20-8-1-2-9-20/h3-4,6-7H,1-2,5,8-12H2. The maximum absolute atomic E-state index is 12.6. The highest BCUT2D eigenvalue weighted by Gasteiger charge is 2.28. The Kier molecular flexibility index (Phi) is 3.83. The third-order valence-corrected chi connectivity index (χ3v) is 4.70. The van der Waals surface area contributed by atoms with Crippen LogP contribution in [0.4, 0.5) is 0 Å². The molecule has 6 nitrogen and oxygen atoms in total. The van der Waals surface area contributed by atoms with Crippen molar-refractivity contribution in [2.24, 2.45) is 0 Å². The topological polar surface area (TPSA) is 62.5 Å². The van der Waals surface area contributed by atoms with E-state index < -0.39 is 0 Å². The van der Waals surface area contributed by atoms with Gasteiger partial charge < -0.3 is 9.42 Å². The number of amides is 1. The Hall–Kier alpha value is -2.21. The van der Waals surface area contributed by atoms with E-state index in [0.29, 0.717) is 18.7 Å². The highest BCUT2D eigenvalue weighted by atomic mass is 16.5. The Bertz CT molecular complexity index is 692. The molecule has 0 aliphatic carbocycles. The van der Waals surface area contributed by atoms with E-state index in [-0.39, 0.29) is 5.91 Å². The number of fused-ring (bicyclic) bond motifs is 1. The number of nitrogens with zero attached hydrogens (tertiary/aromatic N) is 4. The summed E-state index contributed by atoms with van der Waals surface area (Å²) in [6, 6.07) is 3.52. The zero-order valence-corrected chi connectivity index (χ0v) is 13.1. The number of carbonyl (C=O) groups excluding carboxylic acids is 1. The van der Waals surface area contributed by atoms with E-state index in [2.05, 4.69) is 15.0 Å². The second-order valence-corrected chi connectivity index (χ2v) is 6.23. The molecule has 0 unspecified atom stereocenters. The average molecular weight is 312 g/mol.